The summed E-state index contributed by atoms with van der Waals surface area (Å²) < 4.78 is 2.42. The molecule has 0 atom stereocenters. The number of carbonyl (C=O) groups is 2. The topological polar surface area (TPSA) is 68.1 Å². The van der Waals surface area contributed by atoms with Crippen molar-refractivity contribution < 1.29 is 9.59 Å². The zero-order valence-corrected chi connectivity index (χ0v) is 17.5. The number of Topliss-reactive ketones (excluding diaryl/α,β-unsaturated/α-hetero) is 1. The van der Waals surface area contributed by atoms with E-state index >= 15 is 0 Å². The molecule has 27 heavy (non-hydrogen) atoms. The van der Waals surface area contributed by atoms with Crippen LogP contribution in [0.4, 0.5) is 5.69 Å². The summed E-state index contributed by atoms with van der Waals surface area (Å²) >= 11 is 14.2. The fourth-order valence-corrected chi connectivity index (χ4v) is 3.30. The van der Waals surface area contributed by atoms with Gasteiger partial charge in [-0.15, -0.1) is 0 Å². The Bertz CT molecular complexity index is 962. The Balaban J connectivity index is 1.87. The number of halogens is 3. The van der Waals surface area contributed by atoms with Gasteiger partial charge in [0, 0.05) is 19.8 Å². The Hall–Kier alpha value is -1.97. The lowest BCUT2D eigenvalue weighted by Gasteiger charge is -2.22. The number of aromatic nitrogens is 3. The monoisotopic (exact) mass is 514 g/mol. The first-order chi connectivity index (χ1) is 12.9. The molecule has 0 saturated heterocycles. The molecule has 0 aliphatic heterocycles. The SMILES string of the molecule is O=C(CN(C(=O)Cn1cncn1)c1ccc(I)cc1)c1ccc(Cl)cc1Cl. The molecule has 3 rings (SSSR count). The van der Waals surface area contributed by atoms with Gasteiger partial charge in [-0.2, -0.15) is 5.10 Å². The second kappa shape index (κ2) is 8.81. The van der Waals surface area contributed by atoms with Crippen molar-refractivity contribution in [2.75, 3.05) is 11.4 Å². The van der Waals surface area contributed by atoms with Gasteiger partial charge in [0.25, 0.3) is 0 Å². The summed E-state index contributed by atoms with van der Waals surface area (Å²) in [5.74, 6) is -0.581. The van der Waals surface area contributed by atoms with Crippen molar-refractivity contribution in [2.24, 2.45) is 0 Å². The molecule has 0 N–H and O–H groups in total. The fourth-order valence-electron chi connectivity index (χ4n) is 2.43. The third-order valence-corrected chi connectivity index (χ3v) is 5.00. The number of anilines is 1. The fraction of sp³-hybridized carbons (Fsp3) is 0.111. The van der Waals surface area contributed by atoms with Crippen LogP contribution in [0.2, 0.25) is 10.0 Å². The van der Waals surface area contributed by atoms with Crippen molar-refractivity contribution in [1.29, 1.82) is 0 Å². The highest BCUT2D eigenvalue weighted by atomic mass is 127. The molecule has 1 aromatic heterocycles. The van der Waals surface area contributed by atoms with Gasteiger partial charge in [-0.25, -0.2) is 9.67 Å². The quantitative estimate of drug-likeness (QED) is 0.367. The average Bonchev–Trinajstić information content (AvgIpc) is 3.13. The first kappa shape index (κ1) is 19.8. The Morgan fingerprint density at radius 1 is 1.11 bits per heavy atom. The van der Waals surface area contributed by atoms with Crippen LogP contribution in [-0.2, 0) is 11.3 Å². The maximum Gasteiger partial charge on any atom is 0.249 e. The van der Waals surface area contributed by atoms with E-state index in [-0.39, 0.29) is 29.8 Å². The normalized spacial score (nSPS) is 10.6. The van der Waals surface area contributed by atoms with Gasteiger partial charge in [0.2, 0.25) is 5.91 Å². The van der Waals surface area contributed by atoms with Gasteiger partial charge in [-0.05, 0) is 65.1 Å². The average molecular weight is 515 g/mol. The summed E-state index contributed by atoms with van der Waals surface area (Å²) in [4.78, 5) is 30.8. The standard InChI is InChI=1S/C18H13Cl2IN4O2/c19-12-1-6-15(16(20)7-12)17(26)8-25(14-4-2-13(21)3-5-14)18(27)9-24-11-22-10-23-24/h1-7,10-11H,8-9H2. The molecular formula is C18H13Cl2IN4O2. The van der Waals surface area contributed by atoms with E-state index in [0.29, 0.717) is 16.3 Å². The number of benzene rings is 2. The summed E-state index contributed by atoms with van der Waals surface area (Å²) in [6, 6.07) is 12.0. The Morgan fingerprint density at radius 3 is 2.48 bits per heavy atom. The predicted octanol–water partition coefficient (Wildman–Crippen LogP) is 4.11. The Morgan fingerprint density at radius 2 is 1.85 bits per heavy atom. The molecule has 0 aliphatic rings. The van der Waals surface area contributed by atoms with Crippen LogP contribution in [0.1, 0.15) is 10.4 Å². The molecule has 6 nitrogen and oxygen atoms in total. The number of rotatable bonds is 6. The van der Waals surface area contributed by atoms with Crippen LogP contribution in [0, 0.1) is 3.57 Å². The van der Waals surface area contributed by atoms with Crippen LogP contribution < -0.4 is 4.90 Å². The molecule has 3 aromatic rings. The zero-order chi connectivity index (χ0) is 19.4. The van der Waals surface area contributed by atoms with Gasteiger partial charge in [-0.3, -0.25) is 9.59 Å². The van der Waals surface area contributed by atoms with Crippen molar-refractivity contribution in [1.82, 2.24) is 14.8 Å². The van der Waals surface area contributed by atoms with Crippen molar-refractivity contribution >= 4 is 63.2 Å². The molecule has 9 heteroatoms. The van der Waals surface area contributed by atoms with Crippen LogP contribution in [0.5, 0.6) is 0 Å². The summed E-state index contributed by atoms with van der Waals surface area (Å²) in [5, 5.41) is 4.63. The van der Waals surface area contributed by atoms with Crippen molar-refractivity contribution in [3.05, 3.63) is 74.3 Å². The summed E-state index contributed by atoms with van der Waals surface area (Å²) in [7, 11) is 0. The molecular weight excluding hydrogens is 502 g/mol. The van der Waals surface area contributed by atoms with Crippen LogP contribution in [0.15, 0.2) is 55.1 Å². The minimum absolute atomic E-state index is 0.0341. The zero-order valence-electron chi connectivity index (χ0n) is 13.8. The molecule has 0 radical (unpaired) electrons. The Kier molecular flexibility index (Phi) is 6.46. The van der Waals surface area contributed by atoms with Gasteiger partial charge in [0.15, 0.2) is 5.78 Å². The van der Waals surface area contributed by atoms with Crippen LogP contribution in [0.25, 0.3) is 0 Å². The highest BCUT2D eigenvalue weighted by molar-refractivity contribution is 14.1. The minimum Gasteiger partial charge on any atom is -0.303 e. The number of ketones is 1. The lowest BCUT2D eigenvalue weighted by Crippen LogP contribution is -2.38. The van der Waals surface area contributed by atoms with Gasteiger partial charge in [0.1, 0.15) is 19.2 Å². The van der Waals surface area contributed by atoms with Gasteiger partial charge in [-0.1, -0.05) is 23.2 Å². The molecule has 1 amide bonds. The maximum atomic E-state index is 12.8. The van der Waals surface area contributed by atoms with E-state index in [4.69, 9.17) is 23.2 Å². The van der Waals surface area contributed by atoms with E-state index in [0.717, 1.165) is 3.57 Å². The first-order valence-corrected chi connectivity index (χ1v) is 9.64. The summed E-state index contributed by atoms with van der Waals surface area (Å²) in [6.45, 7) is -0.191. The number of amides is 1. The number of carbonyl (C=O) groups excluding carboxylic acids is 2. The summed E-state index contributed by atoms with van der Waals surface area (Å²) in [6.07, 6.45) is 2.79. The highest BCUT2D eigenvalue weighted by Crippen LogP contribution is 2.23. The van der Waals surface area contributed by atoms with Gasteiger partial charge >= 0.3 is 0 Å². The lowest BCUT2D eigenvalue weighted by atomic mass is 10.1. The second-order valence-corrected chi connectivity index (χ2v) is 7.69. The molecule has 0 saturated carbocycles. The van der Waals surface area contributed by atoms with E-state index in [1.807, 2.05) is 12.1 Å². The summed E-state index contributed by atoms with van der Waals surface area (Å²) in [5.41, 5.74) is 0.920. The third-order valence-electron chi connectivity index (χ3n) is 3.74. The van der Waals surface area contributed by atoms with E-state index < -0.39 is 0 Å². The van der Waals surface area contributed by atoms with E-state index in [2.05, 4.69) is 32.7 Å². The van der Waals surface area contributed by atoms with Gasteiger partial charge < -0.3 is 4.90 Å². The number of hydrogen-bond acceptors (Lipinski definition) is 4. The second-order valence-electron chi connectivity index (χ2n) is 5.60. The van der Waals surface area contributed by atoms with Crippen molar-refractivity contribution in [2.45, 2.75) is 6.54 Å². The highest BCUT2D eigenvalue weighted by Gasteiger charge is 2.22. The molecule has 0 bridgehead atoms. The maximum absolute atomic E-state index is 12.8. The Labute approximate surface area is 179 Å². The molecule has 0 aliphatic carbocycles. The van der Waals surface area contributed by atoms with E-state index in [1.54, 1.807) is 24.3 Å². The molecule has 2 aromatic carbocycles. The van der Waals surface area contributed by atoms with Crippen LogP contribution in [0.3, 0.4) is 0 Å². The molecule has 0 fully saturated rings. The third kappa shape index (κ3) is 5.06. The first-order valence-electron chi connectivity index (χ1n) is 7.80. The van der Waals surface area contributed by atoms with Crippen LogP contribution >= 0.6 is 45.8 Å². The molecule has 0 spiro atoms. The lowest BCUT2D eigenvalue weighted by molar-refractivity contribution is -0.119. The minimum atomic E-state index is -0.292. The molecule has 0 unspecified atom stereocenters. The van der Waals surface area contributed by atoms with E-state index in [9.17, 15) is 9.59 Å². The van der Waals surface area contributed by atoms with Crippen LogP contribution in [-0.4, -0.2) is 33.0 Å². The number of nitrogens with zero attached hydrogens (tertiary/aromatic N) is 4. The van der Waals surface area contributed by atoms with Crippen molar-refractivity contribution in [3.63, 3.8) is 0 Å². The van der Waals surface area contributed by atoms with Crippen molar-refractivity contribution in [3.8, 4) is 0 Å². The number of hydrogen-bond donors (Lipinski definition) is 0. The molecule has 1 heterocycles. The smallest absolute Gasteiger partial charge is 0.249 e. The van der Waals surface area contributed by atoms with E-state index in [1.165, 1.54) is 28.3 Å². The largest absolute Gasteiger partial charge is 0.303 e. The molecule has 138 valence electrons. The predicted molar refractivity (Wildman–Crippen MR) is 112 cm³/mol. The van der Waals surface area contributed by atoms with Gasteiger partial charge in [0.05, 0.1) is 11.6 Å².